The van der Waals surface area contributed by atoms with Crippen molar-refractivity contribution in [1.29, 1.82) is 0 Å². The predicted octanol–water partition coefficient (Wildman–Crippen LogP) is 1.66. The van der Waals surface area contributed by atoms with E-state index in [2.05, 4.69) is 37.8 Å². The number of nitrogens with zero attached hydrogens (tertiary/aromatic N) is 1. The SMILES string of the molecule is CC(C)(C)N1CC=CC1. The molecule has 1 nitrogen and oxygen atoms in total. The largest absolute Gasteiger partial charge is 0.291 e. The summed E-state index contributed by atoms with van der Waals surface area (Å²) in [5, 5.41) is 0. The molecule has 0 bridgehead atoms. The van der Waals surface area contributed by atoms with Crippen LogP contribution in [0.2, 0.25) is 0 Å². The molecule has 1 rings (SSSR count). The molecule has 0 amide bonds. The number of hydrogen-bond acceptors (Lipinski definition) is 1. The minimum atomic E-state index is 0.351. The molecule has 0 aromatic carbocycles. The lowest BCUT2D eigenvalue weighted by molar-refractivity contribution is 0.183. The van der Waals surface area contributed by atoms with Gasteiger partial charge in [-0.3, -0.25) is 4.90 Å². The van der Waals surface area contributed by atoms with E-state index in [1.807, 2.05) is 0 Å². The molecular weight excluding hydrogens is 110 g/mol. The molecule has 1 aliphatic heterocycles. The van der Waals surface area contributed by atoms with Crippen molar-refractivity contribution in [2.75, 3.05) is 13.1 Å². The Morgan fingerprint density at radius 1 is 1.11 bits per heavy atom. The summed E-state index contributed by atoms with van der Waals surface area (Å²) in [6, 6.07) is 0. The molecule has 0 saturated heterocycles. The van der Waals surface area contributed by atoms with Crippen molar-refractivity contribution in [2.24, 2.45) is 0 Å². The summed E-state index contributed by atoms with van der Waals surface area (Å²) in [5.74, 6) is 0. The summed E-state index contributed by atoms with van der Waals surface area (Å²) < 4.78 is 0. The molecule has 1 aliphatic rings. The average Bonchev–Trinajstić information content (AvgIpc) is 2.08. The van der Waals surface area contributed by atoms with Gasteiger partial charge in [0.2, 0.25) is 0 Å². The molecule has 0 spiro atoms. The third-order valence-corrected chi connectivity index (χ3v) is 1.77. The van der Waals surface area contributed by atoms with E-state index in [0.29, 0.717) is 5.54 Å². The van der Waals surface area contributed by atoms with Crippen LogP contribution in [0.1, 0.15) is 20.8 Å². The zero-order chi connectivity index (χ0) is 6.91. The second-order valence-corrected chi connectivity index (χ2v) is 3.55. The second kappa shape index (κ2) is 2.14. The second-order valence-electron chi connectivity index (χ2n) is 3.55. The van der Waals surface area contributed by atoms with Crippen LogP contribution in [-0.2, 0) is 0 Å². The molecule has 1 heteroatoms. The van der Waals surface area contributed by atoms with Crippen LogP contribution in [0.5, 0.6) is 0 Å². The highest BCUT2D eigenvalue weighted by molar-refractivity contribution is 4.99. The topological polar surface area (TPSA) is 3.24 Å². The summed E-state index contributed by atoms with van der Waals surface area (Å²) in [7, 11) is 0. The first-order valence-electron chi connectivity index (χ1n) is 3.51. The van der Waals surface area contributed by atoms with E-state index in [9.17, 15) is 0 Å². The molecule has 0 radical (unpaired) electrons. The average molecular weight is 125 g/mol. The van der Waals surface area contributed by atoms with E-state index in [4.69, 9.17) is 0 Å². The smallest absolute Gasteiger partial charge is 0.0172 e. The normalized spacial score (nSPS) is 21.2. The Labute approximate surface area is 57.4 Å². The van der Waals surface area contributed by atoms with Crippen molar-refractivity contribution < 1.29 is 0 Å². The third kappa shape index (κ3) is 1.55. The summed E-state index contributed by atoms with van der Waals surface area (Å²) in [5.41, 5.74) is 0.351. The fraction of sp³-hybridized carbons (Fsp3) is 0.750. The zero-order valence-electron chi connectivity index (χ0n) is 6.52. The molecule has 0 aliphatic carbocycles. The van der Waals surface area contributed by atoms with Crippen molar-refractivity contribution in [3.63, 3.8) is 0 Å². The van der Waals surface area contributed by atoms with Gasteiger partial charge in [0.15, 0.2) is 0 Å². The van der Waals surface area contributed by atoms with Crippen LogP contribution in [0.4, 0.5) is 0 Å². The van der Waals surface area contributed by atoms with Gasteiger partial charge in [-0.05, 0) is 20.8 Å². The maximum Gasteiger partial charge on any atom is 0.0172 e. The van der Waals surface area contributed by atoms with Gasteiger partial charge < -0.3 is 0 Å². The van der Waals surface area contributed by atoms with E-state index in [-0.39, 0.29) is 0 Å². The lowest BCUT2D eigenvalue weighted by Crippen LogP contribution is -2.39. The maximum atomic E-state index is 2.44. The van der Waals surface area contributed by atoms with Crippen LogP contribution in [0.3, 0.4) is 0 Å². The van der Waals surface area contributed by atoms with Crippen LogP contribution < -0.4 is 0 Å². The van der Waals surface area contributed by atoms with Crippen molar-refractivity contribution in [3.8, 4) is 0 Å². The van der Waals surface area contributed by atoms with Crippen molar-refractivity contribution in [2.45, 2.75) is 26.3 Å². The highest BCUT2D eigenvalue weighted by Gasteiger charge is 2.20. The molecule has 0 N–H and O–H groups in total. The Hall–Kier alpha value is -0.300. The summed E-state index contributed by atoms with van der Waals surface area (Å²) in [4.78, 5) is 2.44. The molecule has 9 heavy (non-hydrogen) atoms. The lowest BCUT2D eigenvalue weighted by atomic mass is 10.1. The highest BCUT2D eigenvalue weighted by atomic mass is 15.2. The van der Waals surface area contributed by atoms with E-state index in [1.54, 1.807) is 0 Å². The van der Waals surface area contributed by atoms with Crippen molar-refractivity contribution in [3.05, 3.63) is 12.2 Å². The third-order valence-electron chi connectivity index (χ3n) is 1.77. The Balaban J connectivity index is 2.46. The van der Waals surface area contributed by atoms with Crippen LogP contribution in [-0.4, -0.2) is 23.5 Å². The minimum absolute atomic E-state index is 0.351. The Kier molecular flexibility index (Phi) is 1.62. The monoisotopic (exact) mass is 125 g/mol. The highest BCUT2D eigenvalue weighted by Crippen LogP contribution is 2.15. The summed E-state index contributed by atoms with van der Waals surface area (Å²) in [6.07, 6.45) is 4.45. The van der Waals surface area contributed by atoms with E-state index >= 15 is 0 Å². The molecule has 0 aromatic heterocycles. The molecule has 0 atom stereocenters. The Bertz CT molecular complexity index is 111. The fourth-order valence-corrected chi connectivity index (χ4v) is 1.03. The molecule has 0 fully saturated rings. The van der Waals surface area contributed by atoms with Gasteiger partial charge in [0, 0.05) is 18.6 Å². The minimum Gasteiger partial charge on any atom is -0.291 e. The van der Waals surface area contributed by atoms with E-state index in [0.717, 1.165) is 13.1 Å². The number of rotatable bonds is 0. The summed E-state index contributed by atoms with van der Waals surface area (Å²) >= 11 is 0. The molecular formula is C8H15N. The van der Waals surface area contributed by atoms with Gasteiger partial charge in [-0.1, -0.05) is 12.2 Å². The first kappa shape index (κ1) is 6.81. The van der Waals surface area contributed by atoms with Crippen LogP contribution >= 0.6 is 0 Å². The molecule has 0 aromatic rings. The molecule has 1 heterocycles. The van der Waals surface area contributed by atoms with E-state index in [1.165, 1.54) is 0 Å². The lowest BCUT2D eigenvalue weighted by Gasteiger charge is -2.31. The Morgan fingerprint density at radius 2 is 1.56 bits per heavy atom. The maximum absolute atomic E-state index is 2.44. The summed E-state index contributed by atoms with van der Waals surface area (Å²) in [6.45, 7) is 9.01. The van der Waals surface area contributed by atoms with Gasteiger partial charge in [-0.25, -0.2) is 0 Å². The van der Waals surface area contributed by atoms with Gasteiger partial charge in [0.05, 0.1) is 0 Å². The number of hydrogen-bond donors (Lipinski definition) is 0. The zero-order valence-corrected chi connectivity index (χ0v) is 6.52. The van der Waals surface area contributed by atoms with Gasteiger partial charge in [0.1, 0.15) is 0 Å². The first-order chi connectivity index (χ1) is 4.11. The Morgan fingerprint density at radius 3 is 1.78 bits per heavy atom. The van der Waals surface area contributed by atoms with Crippen molar-refractivity contribution in [1.82, 2.24) is 4.90 Å². The standard InChI is InChI=1S/C8H15N/c1-8(2,3)9-6-4-5-7-9/h4-5H,6-7H2,1-3H3. The van der Waals surface area contributed by atoms with Gasteiger partial charge in [0.25, 0.3) is 0 Å². The van der Waals surface area contributed by atoms with Gasteiger partial charge >= 0.3 is 0 Å². The quantitative estimate of drug-likeness (QED) is 0.445. The fourth-order valence-electron chi connectivity index (χ4n) is 1.03. The van der Waals surface area contributed by atoms with Crippen LogP contribution in [0.15, 0.2) is 12.2 Å². The molecule has 0 unspecified atom stereocenters. The molecule has 52 valence electrons. The van der Waals surface area contributed by atoms with Gasteiger partial charge in [-0.15, -0.1) is 0 Å². The predicted molar refractivity (Wildman–Crippen MR) is 40.5 cm³/mol. The molecule has 0 saturated carbocycles. The first-order valence-corrected chi connectivity index (χ1v) is 3.51. The van der Waals surface area contributed by atoms with Crippen LogP contribution in [0, 0.1) is 0 Å². The van der Waals surface area contributed by atoms with Gasteiger partial charge in [-0.2, -0.15) is 0 Å². The van der Waals surface area contributed by atoms with Crippen LogP contribution in [0.25, 0.3) is 0 Å². The van der Waals surface area contributed by atoms with E-state index < -0.39 is 0 Å². The van der Waals surface area contributed by atoms with Crippen molar-refractivity contribution >= 4 is 0 Å².